The molecule has 4 heterocycles. The van der Waals surface area contributed by atoms with Gasteiger partial charge in [-0.25, -0.2) is 14.8 Å². The number of morpholine rings is 1. The van der Waals surface area contributed by atoms with Crippen LogP contribution in [-0.2, 0) is 10.9 Å². The topological polar surface area (TPSA) is 95.2 Å². The van der Waals surface area contributed by atoms with Gasteiger partial charge in [-0.1, -0.05) is 0 Å². The molecule has 35 heavy (non-hydrogen) atoms. The molecule has 5 rings (SSSR count). The van der Waals surface area contributed by atoms with E-state index in [0.29, 0.717) is 29.9 Å². The summed E-state index contributed by atoms with van der Waals surface area (Å²) in [7, 11) is 0. The number of hydrogen-bond donors (Lipinski definition) is 3. The van der Waals surface area contributed by atoms with E-state index in [1.165, 1.54) is 12.1 Å². The lowest BCUT2D eigenvalue weighted by Crippen LogP contribution is -2.36. The van der Waals surface area contributed by atoms with Crippen molar-refractivity contribution in [2.45, 2.75) is 6.18 Å². The summed E-state index contributed by atoms with van der Waals surface area (Å²) in [4.78, 5) is 26.6. The Hall–Kier alpha value is -4.12. The van der Waals surface area contributed by atoms with Gasteiger partial charge >= 0.3 is 12.2 Å². The molecular formula is C24H21F3N6O2. The number of amides is 2. The molecule has 3 N–H and O–H groups in total. The summed E-state index contributed by atoms with van der Waals surface area (Å²) in [6.45, 7) is 2.96. The predicted octanol–water partition coefficient (Wildman–Crippen LogP) is 5.12. The van der Waals surface area contributed by atoms with Crippen molar-refractivity contribution in [2.75, 3.05) is 41.8 Å². The second-order valence-corrected chi connectivity index (χ2v) is 7.98. The van der Waals surface area contributed by atoms with Crippen molar-refractivity contribution in [1.29, 1.82) is 0 Å². The molecule has 11 heteroatoms. The fraction of sp³-hybridized carbons (Fsp3) is 0.208. The average Bonchev–Trinajstić information content (AvgIpc) is 3.26. The Kier molecular flexibility index (Phi) is 6.00. The number of rotatable bonds is 4. The average molecular weight is 482 g/mol. The SMILES string of the molecule is O=C(Nc1ccc(C(F)(F)F)cc1)Nc1c[nH]c2ncc(-c3ccc(N4CCOCC4)nc3)cc12. The third kappa shape index (κ3) is 5.04. The Bertz CT molecular complexity index is 1330. The van der Waals surface area contributed by atoms with E-state index in [0.717, 1.165) is 42.2 Å². The summed E-state index contributed by atoms with van der Waals surface area (Å²) in [6, 6.07) is 9.45. The summed E-state index contributed by atoms with van der Waals surface area (Å²) in [5.74, 6) is 0.884. The molecule has 0 aliphatic carbocycles. The molecule has 8 nitrogen and oxygen atoms in total. The van der Waals surface area contributed by atoms with E-state index >= 15 is 0 Å². The fourth-order valence-corrected chi connectivity index (χ4v) is 3.83. The smallest absolute Gasteiger partial charge is 0.378 e. The van der Waals surface area contributed by atoms with Crippen LogP contribution in [0.1, 0.15) is 5.56 Å². The van der Waals surface area contributed by atoms with Gasteiger partial charge in [0.2, 0.25) is 0 Å². The highest BCUT2D eigenvalue weighted by atomic mass is 19.4. The first kappa shape index (κ1) is 22.7. The molecule has 180 valence electrons. The standard InChI is InChI=1S/C24H21F3N6O2/c25-24(26,27)17-2-4-18(5-3-17)31-23(34)32-20-14-30-22-19(20)11-16(13-29-22)15-1-6-21(28-12-15)33-7-9-35-10-8-33/h1-6,11-14H,7-10H2,(H,29,30)(H2,31,32,34). The number of anilines is 3. The molecule has 1 aliphatic heterocycles. The summed E-state index contributed by atoms with van der Waals surface area (Å²) < 4.78 is 43.5. The highest BCUT2D eigenvalue weighted by Gasteiger charge is 2.30. The van der Waals surface area contributed by atoms with Gasteiger partial charge in [0.1, 0.15) is 11.5 Å². The molecule has 1 saturated heterocycles. The molecule has 3 aromatic heterocycles. The summed E-state index contributed by atoms with van der Waals surface area (Å²) >= 11 is 0. The Labute approximate surface area is 198 Å². The van der Waals surface area contributed by atoms with Gasteiger partial charge in [0.15, 0.2) is 0 Å². The number of carbonyl (C=O) groups excluding carboxylic acids is 1. The van der Waals surface area contributed by atoms with Gasteiger partial charge in [-0.05, 0) is 42.5 Å². The number of benzene rings is 1. The Morgan fingerprint density at radius 3 is 2.40 bits per heavy atom. The molecule has 0 spiro atoms. The Morgan fingerprint density at radius 2 is 1.71 bits per heavy atom. The van der Waals surface area contributed by atoms with Crippen molar-refractivity contribution in [3.8, 4) is 11.1 Å². The molecule has 1 aromatic carbocycles. The molecule has 0 unspecified atom stereocenters. The van der Waals surface area contributed by atoms with Crippen LogP contribution in [0.4, 0.5) is 35.2 Å². The van der Waals surface area contributed by atoms with E-state index in [1.54, 1.807) is 18.6 Å². The molecule has 0 saturated carbocycles. The van der Waals surface area contributed by atoms with Crippen LogP contribution >= 0.6 is 0 Å². The molecule has 0 radical (unpaired) electrons. The van der Waals surface area contributed by atoms with E-state index in [9.17, 15) is 18.0 Å². The molecule has 2 amide bonds. The van der Waals surface area contributed by atoms with Gasteiger partial charge in [-0.3, -0.25) is 0 Å². The monoisotopic (exact) mass is 482 g/mol. The number of alkyl halides is 3. The van der Waals surface area contributed by atoms with Crippen LogP contribution in [0, 0.1) is 0 Å². The van der Waals surface area contributed by atoms with Crippen molar-refractivity contribution in [2.24, 2.45) is 0 Å². The fourth-order valence-electron chi connectivity index (χ4n) is 3.83. The summed E-state index contributed by atoms with van der Waals surface area (Å²) in [5.41, 5.74) is 2.21. The summed E-state index contributed by atoms with van der Waals surface area (Å²) in [5, 5.41) is 5.93. The number of halogens is 3. The van der Waals surface area contributed by atoms with Gasteiger partial charge in [0.25, 0.3) is 0 Å². The first-order valence-corrected chi connectivity index (χ1v) is 10.9. The van der Waals surface area contributed by atoms with Gasteiger partial charge in [-0.2, -0.15) is 13.2 Å². The molecule has 0 atom stereocenters. The van der Waals surface area contributed by atoms with Crippen LogP contribution in [0.3, 0.4) is 0 Å². The maximum atomic E-state index is 12.7. The lowest BCUT2D eigenvalue weighted by atomic mass is 10.1. The van der Waals surface area contributed by atoms with Crippen molar-refractivity contribution >= 4 is 34.3 Å². The van der Waals surface area contributed by atoms with Crippen LogP contribution < -0.4 is 15.5 Å². The zero-order valence-corrected chi connectivity index (χ0v) is 18.4. The van der Waals surface area contributed by atoms with E-state index < -0.39 is 17.8 Å². The highest BCUT2D eigenvalue weighted by Crippen LogP contribution is 2.30. The lowest BCUT2D eigenvalue weighted by molar-refractivity contribution is -0.137. The minimum atomic E-state index is -4.44. The number of carbonyl (C=O) groups is 1. The second kappa shape index (κ2) is 9.26. The third-order valence-electron chi connectivity index (χ3n) is 5.67. The first-order valence-electron chi connectivity index (χ1n) is 10.9. The van der Waals surface area contributed by atoms with Gasteiger partial charge < -0.3 is 25.3 Å². The summed E-state index contributed by atoms with van der Waals surface area (Å²) in [6.07, 6.45) is 0.669. The lowest BCUT2D eigenvalue weighted by Gasteiger charge is -2.27. The molecule has 0 bridgehead atoms. The van der Waals surface area contributed by atoms with E-state index in [-0.39, 0.29) is 5.69 Å². The van der Waals surface area contributed by atoms with E-state index in [2.05, 4.69) is 30.5 Å². The quantitative estimate of drug-likeness (QED) is 0.375. The van der Waals surface area contributed by atoms with Crippen LogP contribution in [0.2, 0.25) is 0 Å². The number of fused-ring (bicyclic) bond motifs is 1. The number of hydrogen-bond acceptors (Lipinski definition) is 5. The number of H-pyrrole nitrogens is 1. The van der Waals surface area contributed by atoms with Crippen molar-refractivity contribution < 1.29 is 22.7 Å². The van der Waals surface area contributed by atoms with Gasteiger partial charge in [0, 0.05) is 53.9 Å². The minimum absolute atomic E-state index is 0.237. The normalized spacial score (nSPS) is 14.2. The largest absolute Gasteiger partial charge is 0.416 e. The first-order chi connectivity index (χ1) is 16.9. The zero-order valence-electron chi connectivity index (χ0n) is 18.4. The second-order valence-electron chi connectivity index (χ2n) is 7.98. The predicted molar refractivity (Wildman–Crippen MR) is 126 cm³/mol. The molecule has 1 aliphatic rings. The number of urea groups is 1. The third-order valence-corrected chi connectivity index (χ3v) is 5.67. The molecular weight excluding hydrogens is 461 g/mol. The molecule has 1 fully saturated rings. The van der Waals surface area contributed by atoms with E-state index in [1.807, 2.05) is 18.2 Å². The van der Waals surface area contributed by atoms with Gasteiger partial charge in [0.05, 0.1) is 24.5 Å². The van der Waals surface area contributed by atoms with Crippen LogP contribution in [0.25, 0.3) is 22.2 Å². The maximum Gasteiger partial charge on any atom is 0.416 e. The maximum absolute atomic E-state index is 12.7. The number of nitrogens with one attached hydrogen (secondary N) is 3. The van der Waals surface area contributed by atoms with Crippen LogP contribution in [-0.4, -0.2) is 47.3 Å². The number of ether oxygens (including phenoxy) is 1. The number of aromatic amines is 1. The Balaban J connectivity index is 1.30. The minimum Gasteiger partial charge on any atom is -0.378 e. The van der Waals surface area contributed by atoms with Crippen LogP contribution in [0.15, 0.2) is 61.1 Å². The number of pyridine rings is 2. The van der Waals surface area contributed by atoms with E-state index in [4.69, 9.17) is 4.74 Å². The van der Waals surface area contributed by atoms with Crippen molar-refractivity contribution in [1.82, 2.24) is 15.0 Å². The molecule has 4 aromatic rings. The number of nitrogens with zero attached hydrogens (tertiary/aromatic N) is 3. The van der Waals surface area contributed by atoms with Crippen LogP contribution in [0.5, 0.6) is 0 Å². The van der Waals surface area contributed by atoms with Gasteiger partial charge in [-0.15, -0.1) is 0 Å². The van der Waals surface area contributed by atoms with Crippen molar-refractivity contribution in [3.05, 3.63) is 66.6 Å². The Morgan fingerprint density at radius 1 is 0.971 bits per heavy atom. The highest BCUT2D eigenvalue weighted by molar-refractivity contribution is 6.05. The number of aromatic nitrogens is 3. The van der Waals surface area contributed by atoms with Crippen molar-refractivity contribution in [3.63, 3.8) is 0 Å². The zero-order chi connectivity index (χ0) is 24.4.